The summed E-state index contributed by atoms with van der Waals surface area (Å²) >= 11 is 39.7. The second-order valence-corrected chi connectivity index (χ2v) is 50.1. The van der Waals surface area contributed by atoms with Crippen molar-refractivity contribution in [3.05, 3.63) is 167 Å². The molecule has 12 heterocycles. The molecule has 8 aromatic carbocycles. The lowest BCUT2D eigenvalue weighted by atomic mass is 9.95. The van der Waals surface area contributed by atoms with Crippen LogP contribution in [0, 0.1) is 0 Å². The SMILES string of the molecule is BrB(Br)Br.CC(Cl)CC(=O)Cl.CCN(CC)C(=O)c1ccc2c(c1)Sc1c(O)cccc1N2C1CC2CCC(C1)N2.CCN(CC)C(=O)c1ccc2c(c1)Sc1c(OC)cccc1N2C1CC2CCC(C1)N2.CCN(CC)C(=O)c1ccc2c(c1)Sc1c(OC)cccc1N2C1CC2CCC(C1)N2C.CCNCC.COc1cccc2c1Sc1cc(Br)ccc1N2C1CC2CCC(C1)N2C.ClCCl. The van der Waals surface area contributed by atoms with Crippen molar-refractivity contribution >= 4 is 228 Å². The van der Waals surface area contributed by atoms with E-state index in [2.05, 4.69) is 234 Å². The summed E-state index contributed by atoms with van der Waals surface area (Å²) in [5.41, 5.74) is 12.0. The zero-order chi connectivity index (χ0) is 98.9. The summed E-state index contributed by atoms with van der Waals surface area (Å²) in [6.07, 6.45) is 19.9. The van der Waals surface area contributed by atoms with E-state index in [0.29, 0.717) is 84.8 Å². The van der Waals surface area contributed by atoms with Crippen molar-refractivity contribution in [2.24, 2.45) is 0 Å². The van der Waals surface area contributed by atoms with E-state index in [1.54, 1.807) is 69.6 Å². The van der Waals surface area contributed by atoms with Crippen molar-refractivity contribution in [3.8, 4) is 23.0 Å². The summed E-state index contributed by atoms with van der Waals surface area (Å²) in [6.45, 7) is 24.6. The summed E-state index contributed by atoms with van der Waals surface area (Å²) in [5, 5.41) is 20.9. The van der Waals surface area contributed by atoms with E-state index in [9.17, 15) is 24.3 Å². The summed E-state index contributed by atoms with van der Waals surface area (Å²) in [5.74, 6) is 3.36. The molecule has 9 atom stereocenters. The molecule has 8 bridgehead atoms. The molecule has 746 valence electrons. The average molecular weight is 2290 g/mol. The molecule has 8 fully saturated rings. The number of hydrogen-bond acceptors (Lipinski definition) is 21. The van der Waals surface area contributed by atoms with Crippen LogP contribution >= 0.6 is 157 Å². The van der Waals surface area contributed by atoms with Gasteiger partial charge in [-0.3, -0.25) is 19.2 Å². The maximum Gasteiger partial charge on any atom is 0.369 e. The number of benzene rings is 8. The van der Waals surface area contributed by atoms with Crippen LogP contribution in [0.5, 0.6) is 23.0 Å². The molecule has 8 aromatic rings. The topological polar surface area (TPSA) is 181 Å². The van der Waals surface area contributed by atoms with E-state index < -0.39 is 0 Å². The van der Waals surface area contributed by atoms with Gasteiger partial charge >= 0.3 is 3.18 Å². The third kappa shape index (κ3) is 26.0. The van der Waals surface area contributed by atoms with Crippen molar-refractivity contribution in [1.82, 2.24) is 40.4 Å². The third-order valence-electron chi connectivity index (χ3n) is 28.6. The number of phenols is 1. The van der Waals surface area contributed by atoms with Gasteiger partial charge in [0, 0.05) is 164 Å². The Morgan fingerprint density at radius 1 is 0.428 bits per heavy atom. The molecule has 0 radical (unpaired) electrons. The fourth-order valence-corrected chi connectivity index (χ4v) is 27.7. The Labute approximate surface area is 889 Å². The first-order valence-corrected chi connectivity index (χ1v) is 57.6. The summed E-state index contributed by atoms with van der Waals surface area (Å²) in [6, 6.07) is 57.3. The van der Waals surface area contributed by atoms with E-state index >= 15 is 0 Å². The number of aromatic hydroxyl groups is 1. The lowest BCUT2D eigenvalue weighted by molar-refractivity contribution is -0.111. The lowest BCUT2D eigenvalue weighted by Crippen LogP contribution is -2.48. The molecule has 3 amide bonds. The van der Waals surface area contributed by atoms with Gasteiger partial charge in [-0.15, -0.1) is 82.1 Å². The summed E-state index contributed by atoms with van der Waals surface area (Å²) in [4.78, 5) is 78.9. The highest BCUT2D eigenvalue weighted by Crippen LogP contribution is 2.60. The van der Waals surface area contributed by atoms with E-state index in [1.807, 2.05) is 110 Å². The number of alkyl halides is 3. The normalized spacial score (nSPS) is 22.7. The predicted octanol–water partition coefficient (Wildman–Crippen LogP) is 26.9. The zero-order valence-electron chi connectivity index (χ0n) is 81.8. The van der Waals surface area contributed by atoms with Gasteiger partial charge in [-0.1, -0.05) is 101 Å². The number of rotatable bonds is 20. The van der Waals surface area contributed by atoms with E-state index in [1.165, 1.54) is 121 Å². The van der Waals surface area contributed by atoms with Gasteiger partial charge in [0.05, 0.1) is 91.7 Å². The Kier molecular flexibility index (Phi) is 41.4. The van der Waals surface area contributed by atoms with Crippen molar-refractivity contribution in [2.75, 3.05) is 113 Å². The van der Waals surface area contributed by atoms with Gasteiger partial charge < -0.3 is 79.4 Å². The fraction of sp³-hybridized carbons (Fsp3) is 0.505. The van der Waals surface area contributed by atoms with Gasteiger partial charge in [0.1, 0.15) is 23.0 Å². The lowest BCUT2D eigenvalue weighted by Gasteiger charge is -2.45. The quantitative estimate of drug-likeness (QED) is 0.0321. The Morgan fingerprint density at radius 3 is 0.971 bits per heavy atom. The minimum Gasteiger partial charge on any atom is -0.507 e. The maximum absolute atomic E-state index is 13.0. The maximum atomic E-state index is 13.0. The van der Waals surface area contributed by atoms with Crippen molar-refractivity contribution in [2.45, 2.75) is 289 Å². The minimum absolute atomic E-state index is 0.0675. The fourth-order valence-electron chi connectivity index (χ4n) is 22.0. The molecular formula is C105H135BBr4Cl4N12O8S4. The molecule has 20 rings (SSSR count). The van der Waals surface area contributed by atoms with E-state index in [4.69, 9.17) is 60.6 Å². The summed E-state index contributed by atoms with van der Waals surface area (Å²) < 4.78 is 18.6. The van der Waals surface area contributed by atoms with Gasteiger partial charge in [-0.2, -0.15) is 0 Å². The smallest absolute Gasteiger partial charge is 0.369 e. The number of ether oxygens (including phenoxy) is 3. The molecule has 8 saturated heterocycles. The highest BCUT2D eigenvalue weighted by molar-refractivity contribution is 9.69. The number of methoxy groups -OCH3 is 3. The standard InChI is InChI=1S/C26H33N3O2S.C25H31N3O2S.C24H29N3O2S.C21H23BrN2OS.C4H6Cl2O.C4H11N.CH2Cl2.BBr3/c1-5-28(6-2)26(30)17-10-13-21-24(14-17)32-25-22(8-7-9-23(25)31-4)29(21)20-15-18-11-12-19(16-20)27(18)3;1-4-27(5-2)25(29)16-9-12-20-23(13-16)31-24-21(7-6-8-22(24)30-3)28(20)19-14-17-10-11-18(15-19)26-17;1-3-26(4-2)24(29)15-8-11-19-22(12-15)30-23-20(6-5-7-21(23)28)27(19)18-13-16-9-10-17(14-18)25-16;1-23-14-7-8-15(23)12-16(11-14)24-17-9-6-13(22)10-20(17)26-21-18(24)4-3-5-19(21)25-2;1-3(5)2-4(6)7;1-3-5-4-2;2-1-3;2-1(3)4/h7-10,13-14,18-20H,5-6,11-12,15-16H2,1-4H3;6-9,12-13,17-19,26H,4-5,10-11,14-15H2,1-3H3;5-8,11-12,16-18,25,28H,3-4,9-10,13-14H2,1-2H3;3-6,9-10,14-16H,7-8,11-12H2,1-2H3;3H,2H2,1H3;5H,3-4H2,1-2H3;1H2;. The van der Waals surface area contributed by atoms with Crippen molar-refractivity contribution in [1.29, 1.82) is 0 Å². The number of anilines is 8. The first kappa shape index (κ1) is 110. The third-order valence-corrected chi connectivity index (χ3v) is 34.0. The summed E-state index contributed by atoms with van der Waals surface area (Å²) in [7, 11) is 9.85. The molecule has 0 spiro atoms. The highest BCUT2D eigenvalue weighted by atomic mass is 79.9. The van der Waals surface area contributed by atoms with Crippen molar-refractivity contribution < 1.29 is 38.5 Å². The molecule has 12 aliphatic rings. The molecule has 12 aliphatic heterocycles. The van der Waals surface area contributed by atoms with Crippen LogP contribution in [0.4, 0.5) is 45.5 Å². The van der Waals surface area contributed by atoms with Crippen LogP contribution in [0.25, 0.3) is 0 Å². The number of halogens is 8. The van der Waals surface area contributed by atoms with Crippen LogP contribution in [-0.4, -0.2) is 227 Å². The van der Waals surface area contributed by atoms with Crippen molar-refractivity contribution in [3.63, 3.8) is 0 Å². The van der Waals surface area contributed by atoms with E-state index in [0.717, 1.165) is 151 Å². The van der Waals surface area contributed by atoms with Crippen LogP contribution in [-0.2, 0) is 4.79 Å². The second kappa shape index (κ2) is 52.1. The number of nitrogens with zero attached hydrogens (tertiary/aromatic N) is 9. The number of amides is 3. The largest absolute Gasteiger partial charge is 0.507 e. The molecule has 9 unspecified atom stereocenters. The van der Waals surface area contributed by atoms with Crippen LogP contribution in [0.1, 0.15) is 203 Å². The molecule has 20 nitrogen and oxygen atoms in total. The Hall–Kier alpha value is -5.42. The number of carbonyl (C=O) groups is 4. The second-order valence-electron chi connectivity index (χ2n) is 36.6. The number of fused-ring (bicyclic) bond motifs is 16. The van der Waals surface area contributed by atoms with E-state index in [-0.39, 0.29) is 43.3 Å². The molecule has 0 aromatic heterocycles. The molecule has 0 saturated carbocycles. The molecule has 4 N–H and O–H groups in total. The van der Waals surface area contributed by atoms with Gasteiger partial charge in [0.25, 0.3) is 17.7 Å². The van der Waals surface area contributed by atoms with Gasteiger partial charge in [0.15, 0.2) is 0 Å². The highest BCUT2D eigenvalue weighted by Gasteiger charge is 2.47. The molecule has 33 heteroatoms. The van der Waals surface area contributed by atoms with Gasteiger partial charge in [-0.05, 0) is 311 Å². The first-order chi connectivity index (χ1) is 66.6. The number of piperidine rings is 4. The monoisotopic (exact) mass is 2290 g/mol. The number of hydrogen-bond donors (Lipinski definition) is 4. The van der Waals surface area contributed by atoms with Crippen LogP contribution in [0.15, 0.2) is 189 Å². The first-order valence-electron chi connectivity index (χ1n) is 48.9. The zero-order valence-corrected chi connectivity index (χ0v) is 94.4. The molecule has 138 heavy (non-hydrogen) atoms. The van der Waals surface area contributed by atoms with Gasteiger partial charge in [-0.25, -0.2) is 0 Å². The number of phenolic OH excluding ortho intramolecular Hbond substituents is 1. The Morgan fingerprint density at radius 2 is 0.703 bits per heavy atom. The molecule has 0 aliphatic carbocycles. The van der Waals surface area contributed by atoms with Crippen LogP contribution in [0.3, 0.4) is 0 Å². The Bertz CT molecular complexity index is 5420. The molecular weight excluding hydrogens is 2160 g/mol. The van der Waals surface area contributed by atoms with Crippen LogP contribution < -0.4 is 49.8 Å². The minimum atomic E-state index is -0.373. The Balaban J connectivity index is 0.000000146. The number of carbonyl (C=O) groups excluding carboxylic acids is 4. The van der Waals surface area contributed by atoms with Gasteiger partial charge in [0.2, 0.25) is 5.24 Å². The number of nitrogens with one attached hydrogen (secondary N) is 3. The predicted molar refractivity (Wildman–Crippen MR) is 593 cm³/mol. The average Bonchev–Trinajstić information content (AvgIpc) is 1.29. The van der Waals surface area contributed by atoms with Crippen LogP contribution in [0.2, 0.25) is 0 Å².